The van der Waals surface area contributed by atoms with Crippen molar-refractivity contribution in [3.8, 4) is 6.07 Å². The molecule has 118 valence electrons. The number of anilines is 1. The number of nitrogens with zero attached hydrogens (tertiary/aromatic N) is 1. The molecule has 0 aliphatic carbocycles. The van der Waals surface area contributed by atoms with E-state index < -0.39 is 5.97 Å². The number of hydrogen-bond donors (Lipinski definition) is 1. The molecule has 1 amide bonds. The van der Waals surface area contributed by atoms with E-state index in [0.29, 0.717) is 11.4 Å². The summed E-state index contributed by atoms with van der Waals surface area (Å²) < 4.78 is 4.64. The fourth-order valence-electron chi connectivity index (χ4n) is 2.22. The fraction of sp³-hybridized carbons (Fsp3) is 0.235. The van der Waals surface area contributed by atoms with E-state index in [9.17, 15) is 9.59 Å². The van der Waals surface area contributed by atoms with Gasteiger partial charge in [0.15, 0.2) is 0 Å². The second kappa shape index (κ2) is 7.56. The first-order valence-corrected chi connectivity index (χ1v) is 7.90. The van der Waals surface area contributed by atoms with E-state index in [1.165, 1.54) is 13.2 Å². The van der Waals surface area contributed by atoms with E-state index in [4.69, 9.17) is 5.26 Å². The Morgan fingerprint density at radius 1 is 1.35 bits per heavy atom. The zero-order chi connectivity index (χ0) is 16.8. The molecule has 0 radical (unpaired) electrons. The van der Waals surface area contributed by atoms with Crippen molar-refractivity contribution in [1.82, 2.24) is 0 Å². The number of carbonyl (C=O) groups is 2. The summed E-state index contributed by atoms with van der Waals surface area (Å²) in [4.78, 5) is 24.4. The van der Waals surface area contributed by atoms with Gasteiger partial charge in [-0.3, -0.25) is 4.79 Å². The normalized spacial score (nSPS) is 11.3. The van der Waals surface area contributed by atoms with E-state index in [-0.39, 0.29) is 22.3 Å². The fourth-order valence-corrected chi connectivity index (χ4v) is 3.15. The Kier molecular flexibility index (Phi) is 5.50. The number of rotatable bonds is 5. The number of ether oxygens (including phenoxy) is 1. The summed E-state index contributed by atoms with van der Waals surface area (Å²) in [6.07, 6.45) is 0.632. The van der Waals surface area contributed by atoms with Crippen LogP contribution in [0.25, 0.3) is 0 Å². The topological polar surface area (TPSA) is 79.2 Å². The first-order valence-electron chi connectivity index (χ1n) is 7.08. The largest absolute Gasteiger partial charge is 0.465 e. The average Bonchev–Trinajstić information content (AvgIpc) is 2.98. The Morgan fingerprint density at radius 2 is 2.04 bits per heavy atom. The molecule has 1 heterocycles. The van der Waals surface area contributed by atoms with Gasteiger partial charge in [-0.25, -0.2) is 4.79 Å². The lowest BCUT2D eigenvalue weighted by atomic mass is 9.96. The lowest BCUT2D eigenvalue weighted by Crippen LogP contribution is -2.20. The highest BCUT2D eigenvalue weighted by molar-refractivity contribution is 7.18. The van der Waals surface area contributed by atoms with Gasteiger partial charge in [0.1, 0.15) is 15.9 Å². The second-order valence-electron chi connectivity index (χ2n) is 4.82. The SMILES string of the molecule is CCC(C(=O)Nc1sc(C(=O)OC)cc1C#N)c1ccccc1. The molecule has 1 N–H and O–H groups in total. The van der Waals surface area contributed by atoms with Crippen LogP contribution in [0.3, 0.4) is 0 Å². The van der Waals surface area contributed by atoms with Crippen LogP contribution in [0.4, 0.5) is 5.00 Å². The molecule has 0 bridgehead atoms. The van der Waals surface area contributed by atoms with Crippen molar-refractivity contribution < 1.29 is 14.3 Å². The number of amides is 1. The smallest absolute Gasteiger partial charge is 0.348 e. The molecule has 6 heteroatoms. The third kappa shape index (κ3) is 3.76. The highest BCUT2D eigenvalue weighted by Gasteiger charge is 2.22. The minimum Gasteiger partial charge on any atom is -0.465 e. The van der Waals surface area contributed by atoms with Crippen LogP contribution in [0, 0.1) is 11.3 Å². The number of nitriles is 1. The zero-order valence-electron chi connectivity index (χ0n) is 12.8. The molecule has 1 aromatic carbocycles. The van der Waals surface area contributed by atoms with E-state index in [1.807, 2.05) is 43.3 Å². The lowest BCUT2D eigenvalue weighted by molar-refractivity contribution is -0.117. The van der Waals surface area contributed by atoms with Crippen LogP contribution in [0.2, 0.25) is 0 Å². The predicted octanol–water partition coefficient (Wildman–Crippen LogP) is 3.54. The van der Waals surface area contributed by atoms with E-state index in [1.54, 1.807) is 0 Å². The Balaban J connectivity index is 2.24. The zero-order valence-corrected chi connectivity index (χ0v) is 13.6. The van der Waals surface area contributed by atoms with Gasteiger partial charge in [0.2, 0.25) is 5.91 Å². The van der Waals surface area contributed by atoms with Gasteiger partial charge in [0, 0.05) is 0 Å². The van der Waals surface area contributed by atoms with Crippen LogP contribution in [-0.2, 0) is 9.53 Å². The van der Waals surface area contributed by atoms with E-state index in [0.717, 1.165) is 16.9 Å². The molecule has 2 rings (SSSR count). The lowest BCUT2D eigenvalue weighted by Gasteiger charge is -2.14. The summed E-state index contributed by atoms with van der Waals surface area (Å²) in [5, 5.41) is 12.3. The molecule has 1 atom stereocenters. The molecule has 23 heavy (non-hydrogen) atoms. The molecule has 0 aliphatic rings. The van der Waals surface area contributed by atoms with Gasteiger partial charge in [-0.1, -0.05) is 37.3 Å². The van der Waals surface area contributed by atoms with Crippen molar-refractivity contribution in [2.24, 2.45) is 0 Å². The summed E-state index contributed by atoms with van der Waals surface area (Å²) >= 11 is 1.04. The summed E-state index contributed by atoms with van der Waals surface area (Å²) in [5.41, 5.74) is 1.17. The third-order valence-corrected chi connectivity index (χ3v) is 4.43. The number of hydrogen-bond acceptors (Lipinski definition) is 5. The maximum atomic E-state index is 12.5. The predicted molar refractivity (Wildman–Crippen MR) is 88.5 cm³/mol. The second-order valence-corrected chi connectivity index (χ2v) is 5.87. The molecule has 0 saturated carbocycles. The van der Waals surface area contributed by atoms with Gasteiger partial charge in [-0.2, -0.15) is 5.26 Å². The number of nitrogens with one attached hydrogen (secondary N) is 1. The van der Waals surface area contributed by atoms with Crippen LogP contribution in [0.1, 0.15) is 40.1 Å². The van der Waals surface area contributed by atoms with Gasteiger partial charge in [0.05, 0.1) is 18.6 Å². The molecule has 5 nitrogen and oxygen atoms in total. The number of methoxy groups -OCH3 is 1. The standard InChI is InChI=1S/C17H16N2O3S/c1-3-13(11-7-5-4-6-8-11)15(20)19-16-12(10-18)9-14(23-16)17(21)22-2/h4-9,13H,3H2,1-2H3,(H,19,20). The Bertz CT molecular complexity index is 747. The quantitative estimate of drug-likeness (QED) is 0.851. The summed E-state index contributed by atoms with van der Waals surface area (Å²) in [5.74, 6) is -1.04. The highest BCUT2D eigenvalue weighted by atomic mass is 32.1. The summed E-state index contributed by atoms with van der Waals surface area (Å²) in [6.45, 7) is 1.93. The van der Waals surface area contributed by atoms with E-state index >= 15 is 0 Å². The number of carbonyl (C=O) groups excluding carboxylic acids is 2. The van der Waals surface area contributed by atoms with Crippen LogP contribution in [0.15, 0.2) is 36.4 Å². The van der Waals surface area contributed by atoms with Gasteiger partial charge in [-0.05, 0) is 18.1 Å². The monoisotopic (exact) mass is 328 g/mol. The number of esters is 1. The Hall–Kier alpha value is -2.65. The maximum Gasteiger partial charge on any atom is 0.348 e. The van der Waals surface area contributed by atoms with Gasteiger partial charge < -0.3 is 10.1 Å². The van der Waals surface area contributed by atoms with Crippen molar-refractivity contribution in [2.45, 2.75) is 19.3 Å². The van der Waals surface area contributed by atoms with Gasteiger partial charge in [0.25, 0.3) is 0 Å². The van der Waals surface area contributed by atoms with Crippen LogP contribution >= 0.6 is 11.3 Å². The molecule has 2 aromatic rings. The molecular formula is C17H16N2O3S. The first kappa shape index (κ1) is 16.7. The van der Waals surface area contributed by atoms with Crippen molar-refractivity contribution >= 4 is 28.2 Å². The van der Waals surface area contributed by atoms with Crippen LogP contribution < -0.4 is 5.32 Å². The number of benzene rings is 1. The molecule has 1 unspecified atom stereocenters. The van der Waals surface area contributed by atoms with Crippen LogP contribution in [0.5, 0.6) is 0 Å². The third-order valence-electron chi connectivity index (χ3n) is 3.40. The molecule has 0 saturated heterocycles. The molecular weight excluding hydrogens is 312 g/mol. The highest BCUT2D eigenvalue weighted by Crippen LogP contribution is 2.30. The summed E-state index contributed by atoms with van der Waals surface area (Å²) in [6, 6.07) is 12.9. The molecule has 0 spiro atoms. The Morgan fingerprint density at radius 3 is 2.61 bits per heavy atom. The van der Waals surface area contributed by atoms with Crippen molar-refractivity contribution in [3.63, 3.8) is 0 Å². The van der Waals surface area contributed by atoms with Crippen molar-refractivity contribution in [2.75, 3.05) is 12.4 Å². The molecule has 1 aromatic heterocycles. The maximum absolute atomic E-state index is 12.5. The minimum atomic E-state index is -0.526. The van der Waals surface area contributed by atoms with Crippen molar-refractivity contribution in [3.05, 3.63) is 52.4 Å². The minimum absolute atomic E-state index is 0.200. The van der Waals surface area contributed by atoms with Crippen molar-refractivity contribution in [1.29, 1.82) is 5.26 Å². The Labute approximate surface area is 138 Å². The summed E-state index contributed by atoms with van der Waals surface area (Å²) in [7, 11) is 1.27. The average molecular weight is 328 g/mol. The molecule has 0 fully saturated rings. The van der Waals surface area contributed by atoms with Crippen LogP contribution in [-0.4, -0.2) is 19.0 Å². The van der Waals surface area contributed by atoms with E-state index in [2.05, 4.69) is 10.1 Å². The molecule has 0 aliphatic heterocycles. The van der Waals surface area contributed by atoms with Gasteiger partial charge >= 0.3 is 5.97 Å². The van der Waals surface area contributed by atoms with Gasteiger partial charge in [-0.15, -0.1) is 11.3 Å². The number of thiophene rings is 1. The first-order chi connectivity index (χ1) is 11.1.